The molecule has 0 aromatic heterocycles. The van der Waals surface area contributed by atoms with Crippen molar-refractivity contribution < 1.29 is 20.3 Å². The molecule has 0 radical (unpaired) electrons. The van der Waals surface area contributed by atoms with Crippen LogP contribution in [0.15, 0.2) is 3.53 Å². The molecule has 0 heterocycles. The Kier molecular flexibility index (Phi) is 4.90. The van der Waals surface area contributed by atoms with Gasteiger partial charge in [0.1, 0.15) is 0 Å². The zero-order valence-electron chi connectivity index (χ0n) is 2.86. The van der Waals surface area contributed by atoms with Gasteiger partial charge in [-0.15, -0.1) is 0 Å². The van der Waals surface area contributed by atoms with Crippen LogP contribution in [0.4, 0.5) is 0 Å². The fourth-order valence-corrected chi connectivity index (χ4v) is 0.230. The summed E-state index contributed by atoms with van der Waals surface area (Å²) in [6.45, 7) is 4.15. The molecule has 2 nitrogen and oxygen atoms in total. The standard InChI is InChI=1S/C2H5N2.Ti/c1-2-4-3;/h4H,1-2H2;/q-1;+1. The Morgan fingerprint density at radius 3 is 2.60 bits per heavy atom. The first-order chi connectivity index (χ1) is 2.41. The van der Waals surface area contributed by atoms with E-state index in [1.165, 1.54) is 0 Å². The average Bonchev–Trinajstić information content (AvgIpc) is 1.41. The molecule has 0 unspecified atom stereocenters. The summed E-state index contributed by atoms with van der Waals surface area (Å²) in [4.78, 5) is 0. The van der Waals surface area contributed by atoms with Crippen molar-refractivity contribution in [3.63, 3.8) is 0 Å². The van der Waals surface area contributed by atoms with Crippen molar-refractivity contribution in [2.45, 2.75) is 0 Å². The first kappa shape index (κ1) is 5.47. The van der Waals surface area contributed by atoms with Gasteiger partial charge < -0.3 is 0 Å². The average molecular weight is 105 g/mol. The first-order valence-electron chi connectivity index (χ1n) is 1.30. The fraction of sp³-hybridized carbons (Fsp3) is 0.500. The third-order valence-corrected chi connectivity index (χ3v) is 0.438. The van der Waals surface area contributed by atoms with Crippen molar-refractivity contribution in [1.29, 1.82) is 0 Å². The Morgan fingerprint density at radius 1 is 2.00 bits per heavy atom. The van der Waals surface area contributed by atoms with Crippen molar-refractivity contribution in [3.05, 3.63) is 6.92 Å². The molecule has 1 N–H and O–H groups in total. The van der Waals surface area contributed by atoms with E-state index in [-0.39, 0.29) is 0 Å². The summed E-state index contributed by atoms with van der Waals surface area (Å²) < 4.78 is 3.54. The quantitative estimate of drug-likeness (QED) is 0.299. The van der Waals surface area contributed by atoms with Crippen molar-refractivity contribution in [2.75, 3.05) is 6.54 Å². The summed E-state index contributed by atoms with van der Waals surface area (Å²) in [5.74, 6) is 0. The van der Waals surface area contributed by atoms with Gasteiger partial charge in [-0.3, -0.25) is 0 Å². The molecule has 0 aromatic rings. The number of hydrogen-bond donors (Lipinski definition) is 1. The Labute approximate surface area is 43.2 Å². The molecule has 0 bridgehead atoms. The van der Waals surface area contributed by atoms with Crippen molar-refractivity contribution in [2.24, 2.45) is 3.53 Å². The topological polar surface area (TPSA) is 24.4 Å². The van der Waals surface area contributed by atoms with Gasteiger partial charge in [-0.25, -0.2) is 0 Å². The normalized spacial score (nSPS) is 7.80. The Balaban J connectivity index is 2.40. The molecule has 0 saturated heterocycles. The summed E-state index contributed by atoms with van der Waals surface area (Å²) in [5.41, 5.74) is 2.62. The van der Waals surface area contributed by atoms with Crippen LogP contribution in [0.3, 0.4) is 0 Å². The summed E-state index contributed by atoms with van der Waals surface area (Å²) in [6.07, 6.45) is 0. The van der Waals surface area contributed by atoms with E-state index in [2.05, 4.69) is 15.9 Å². The summed E-state index contributed by atoms with van der Waals surface area (Å²) in [5, 5.41) is 0. The van der Waals surface area contributed by atoms with Crippen molar-refractivity contribution in [1.82, 2.24) is 5.43 Å². The summed E-state index contributed by atoms with van der Waals surface area (Å²) in [7, 11) is 0. The van der Waals surface area contributed by atoms with Crippen LogP contribution in [0.25, 0.3) is 0 Å². The van der Waals surface area contributed by atoms with Crippen molar-refractivity contribution in [3.8, 4) is 0 Å². The Morgan fingerprint density at radius 2 is 2.60 bits per heavy atom. The molecule has 0 saturated carbocycles. The van der Waals surface area contributed by atoms with Crippen LogP contribution in [0, 0.1) is 6.92 Å². The van der Waals surface area contributed by atoms with E-state index < -0.39 is 0 Å². The molecule has 0 aliphatic heterocycles. The zero-order valence-corrected chi connectivity index (χ0v) is 4.42. The van der Waals surface area contributed by atoms with E-state index in [1.54, 1.807) is 20.3 Å². The van der Waals surface area contributed by atoms with Gasteiger partial charge in [-0.05, 0) is 0 Å². The van der Waals surface area contributed by atoms with Gasteiger partial charge in [-0.2, -0.15) is 0 Å². The van der Waals surface area contributed by atoms with Crippen LogP contribution >= 0.6 is 0 Å². The predicted octanol–water partition coefficient (Wildman–Crippen LogP) is 0.0555. The number of hydrogen-bond acceptors (Lipinski definition) is 2. The maximum atomic E-state index is 3.54. The molecule has 0 rings (SSSR count). The molecule has 0 aliphatic rings. The molecule has 27 valence electrons. The molecule has 5 heavy (non-hydrogen) atoms. The number of nitrogens with one attached hydrogen (secondary N) is 1. The van der Waals surface area contributed by atoms with Gasteiger partial charge >= 0.3 is 42.7 Å². The van der Waals surface area contributed by atoms with Crippen LogP contribution in [-0.2, 0) is 20.3 Å². The molecular formula is C2H5N2Ti. The van der Waals surface area contributed by atoms with E-state index >= 15 is 0 Å². The van der Waals surface area contributed by atoms with Crippen LogP contribution in [0.1, 0.15) is 0 Å². The fourth-order valence-electron chi connectivity index (χ4n) is 0.0559. The zero-order chi connectivity index (χ0) is 4.12. The number of rotatable bonds is 2. The van der Waals surface area contributed by atoms with Crippen molar-refractivity contribution >= 4 is 0 Å². The van der Waals surface area contributed by atoms with E-state index in [0.29, 0.717) is 6.54 Å². The molecule has 0 amide bonds. The van der Waals surface area contributed by atoms with E-state index in [0.717, 1.165) is 0 Å². The third kappa shape index (κ3) is 4.47. The molecule has 0 atom stereocenters. The molecule has 0 aliphatic carbocycles. The van der Waals surface area contributed by atoms with E-state index in [4.69, 9.17) is 0 Å². The summed E-state index contributed by atoms with van der Waals surface area (Å²) in [6, 6.07) is 0. The van der Waals surface area contributed by atoms with Gasteiger partial charge in [0.05, 0.1) is 0 Å². The van der Waals surface area contributed by atoms with Gasteiger partial charge in [-0.1, -0.05) is 0 Å². The van der Waals surface area contributed by atoms with Crippen LogP contribution < -0.4 is 5.43 Å². The Bertz CT molecular complexity index is 28.8. The van der Waals surface area contributed by atoms with Gasteiger partial charge in [0, 0.05) is 0 Å². The Hall–Kier alpha value is 0.474. The second kappa shape index (κ2) is 4.47. The molecule has 3 heteroatoms. The van der Waals surface area contributed by atoms with Gasteiger partial charge in [0.25, 0.3) is 0 Å². The second-order valence-corrected chi connectivity index (χ2v) is 0.869. The second-order valence-electron chi connectivity index (χ2n) is 0.520. The minimum atomic E-state index is 0.677. The maximum absolute atomic E-state index is 3.54. The summed E-state index contributed by atoms with van der Waals surface area (Å²) >= 11 is 1.69. The first-order valence-corrected chi connectivity index (χ1v) is 2.00. The van der Waals surface area contributed by atoms with Crippen LogP contribution in [-0.4, -0.2) is 6.54 Å². The monoisotopic (exact) mass is 105 g/mol. The number of nitrogens with zero attached hydrogens (tertiary/aromatic N) is 1. The SMILES string of the molecule is [CH2-]CN[N]=[Ti+]. The predicted molar refractivity (Wildman–Crippen MR) is 15.8 cm³/mol. The van der Waals surface area contributed by atoms with Gasteiger partial charge in [0.2, 0.25) is 0 Å². The van der Waals surface area contributed by atoms with Gasteiger partial charge in [0.15, 0.2) is 0 Å². The molecule has 0 fully saturated rings. The van der Waals surface area contributed by atoms with Crippen LogP contribution in [0.5, 0.6) is 0 Å². The van der Waals surface area contributed by atoms with E-state index in [9.17, 15) is 0 Å². The molecular weight excluding hydrogens is 99.9 g/mol. The third-order valence-electron chi connectivity index (χ3n) is 0.191. The van der Waals surface area contributed by atoms with E-state index in [1.807, 2.05) is 0 Å². The molecule has 0 spiro atoms. The van der Waals surface area contributed by atoms with Crippen LogP contribution in [0.2, 0.25) is 0 Å². The molecule has 0 aromatic carbocycles. The minimum absolute atomic E-state index is 0.677.